The normalized spacial score (nSPS) is 19.9. The molecular weight excluding hydrogens is 285 g/mol. The van der Waals surface area contributed by atoms with Crippen molar-refractivity contribution in [3.8, 4) is 0 Å². The molecule has 1 aliphatic rings. The van der Waals surface area contributed by atoms with Gasteiger partial charge in [0.25, 0.3) is 5.91 Å². The number of rotatable bonds is 3. The van der Waals surface area contributed by atoms with Gasteiger partial charge in [-0.1, -0.05) is 0 Å². The Balaban J connectivity index is 2.09. The van der Waals surface area contributed by atoms with E-state index in [1.54, 1.807) is 0 Å². The van der Waals surface area contributed by atoms with Gasteiger partial charge in [0.15, 0.2) is 0 Å². The molecule has 1 fully saturated rings. The van der Waals surface area contributed by atoms with Crippen LogP contribution in [0.5, 0.6) is 0 Å². The third-order valence-electron chi connectivity index (χ3n) is 3.08. The fraction of sp³-hybridized carbons (Fsp3) is 0.500. The molecule has 0 bridgehead atoms. The van der Waals surface area contributed by atoms with Crippen molar-refractivity contribution >= 4 is 15.9 Å². The van der Waals surface area contributed by atoms with Crippen LogP contribution < -0.4 is 4.72 Å². The number of amides is 1. The molecule has 110 valence electrons. The van der Waals surface area contributed by atoms with E-state index < -0.39 is 21.9 Å². The molecule has 6 nitrogen and oxygen atoms in total. The largest absolute Gasteiger partial charge is 0.337 e. The highest BCUT2D eigenvalue weighted by molar-refractivity contribution is 7.88. The highest BCUT2D eigenvalue weighted by Crippen LogP contribution is 2.15. The molecule has 8 heteroatoms. The van der Waals surface area contributed by atoms with Gasteiger partial charge in [-0.3, -0.25) is 4.79 Å². The van der Waals surface area contributed by atoms with E-state index in [1.165, 1.54) is 23.2 Å². The number of piperidine rings is 1. The second kappa shape index (κ2) is 5.84. The average Bonchev–Trinajstić information content (AvgIpc) is 2.37. The minimum atomic E-state index is -3.32. The number of nitrogens with one attached hydrogen (secondary N) is 1. The van der Waals surface area contributed by atoms with Gasteiger partial charge in [0.2, 0.25) is 16.0 Å². The summed E-state index contributed by atoms with van der Waals surface area (Å²) < 4.78 is 38.4. The Kier molecular flexibility index (Phi) is 4.34. The summed E-state index contributed by atoms with van der Waals surface area (Å²) >= 11 is 0. The van der Waals surface area contributed by atoms with Crippen LogP contribution in [0.25, 0.3) is 0 Å². The van der Waals surface area contributed by atoms with E-state index >= 15 is 0 Å². The number of sulfonamides is 1. The Labute approximate surface area is 117 Å². The lowest BCUT2D eigenvalue weighted by molar-refractivity contribution is 0.0697. The molecule has 1 aliphatic heterocycles. The summed E-state index contributed by atoms with van der Waals surface area (Å²) in [5.41, 5.74) is -0.0903. The summed E-state index contributed by atoms with van der Waals surface area (Å²) in [5.74, 6) is -1.27. The lowest BCUT2D eigenvalue weighted by atomic mass is 10.1. The summed E-state index contributed by atoms with van der Waals surface area (Å²) in [6.45, 7) is 0.718. The second-order valence-corrected chi connectivity index (χ2v) is 6.60. The van der Waals surface area contributed by atoms with Crippen LogP contribution in [0.15, 0.2) is 18.3 Å². The maximum atomic E-state index is 13.5. The number of aromatic nitrogens is 1. The van der Waals surface area contributed by atoms with Gasteiger partial charge in [0.1, 0.15) is 0 Å². The summed E-state index contributed by atoms with van der Waals surface area (Å²) in [6, 6.07) is 2.53. The molecule has 1 aromatic rings. The van der Waals surface area contributed by atoms with E-state index in [4.69, 9.17) is 0 Å². The molecule has 0 aromatic carbocycles. The number of carbonyl (C=O) groups excluding carboxylic acids is 1. The van der Waals surface area contributed by atoms with Crippen molar-refractivity contribution < 1.29 is 17.6 Å². The molecule has 20 heavy (non-hydrogen) atoms. The van der Waals surface area contributed by atoms with Crippen molar-refractivity contribution in [2.45, 2.75) is 18.9 Å². The van der Waals surface area contributed by atoms with E-state index in [1.807, 2.05) is 0 Å². The minimum absolute atomic E-state index is 0.0903. The van der Waals surface area contributed by atoms with Crippen molar-refractivity contribution in [3.63, 3.8) is 0 Å². The third-order valence-corrected chi connectivity index (χ3v) is 3.84. The number of hydrogen-bond donors (Lipinski definition) is 1. The van der Waals surface area contributed by atoms with Crippen molar-refractivity contribution in [2.75, 3.05) is 19.3 Å². The number of pyridine rings is 1. The van der Waals surface area contributed by atoms with E-state index in [0.717, 1.165) is 6.26 Å². The molecule has 1 amide bonds. The first kappa shape index (κ1) is 14.9. The number of hydrogen-bond acceptors (Lipinski definition) is 4. The van der Waals surface area contributed by atoms with Gasteiger partial charge in [-0.15, -0.1) is 0 Å². The Hall–Kier alpha value is -1.54. The van der Waals surface area contributed by atoms with Gasteiger partial charge >= 0.3 is 0 Å². The molecule has 2 heterocycles. The fourth-order valence-electron chi connectivity index (χ4n) is 2.28. The van der Waals surface area contributed by atoms with Gasteiger partial charge < -0.3 is 4.90 Å². The van der Waals surface area contributed by atoms with E-state index in [-0.39, 0.29) is 18.2 Å². The number of carbonyl (C=O) groups is 1. The first-order valence-corrected chi connectivity index (χ1v) is 8.13. The summed E-state index contributed by atoms with van der Waals surface area (Å²) in [7, 11) is -3.32. The zero-order valence-corrected chi connectivity index (χ0v) is 11.9. The molecule has 1 atom stereocenters. The van der Waals surface area contributed by atoms with Gasteiger partial charge in [0, 0.05) is 25.3 Å². The van der Waals surface area contributed by atoms with Crippen LogP contribution in [0.1, 0.15) is 23.2 Å². The Morgan fingerprint density at radius 3 is 2.95 bits per heavy atom. The van der Waals surface area contributed by atoms with Crippen LogP contribution >= 0.6 is 0 Å². The van der Waals surface area contributed by atoms with Crippen molar-refractivity contribution in [2.24, 2.45) is 0 Å². The highest BCUT2D eigenvalue weighted by Gasteiger charge is 2.27. The molecular formula is C12H16FN3O3S. The Morgan fingerprint density at radius 1 is 1.55 bits per heavy atom. The first-order chi connectivity index (χ1) is 9.37. The molecule has 0 spiro atoms. The van der Waals surface area contributed by atoms with Gasteiger partial charge in [-0.2, -0.15) is 4.39 Å². The molecule has 0 radical (unpaired) electrons. The van der Waals surface area contributed by atoms with Gasteiger partial charge in [-0.25, -0.2) is 18.1 Å². The summed E-state index contributed by atoms with van der Waals surface area (Å²) in [5, 5.41) is 0. The third kappa shape index (κ3) is 3.73. The molecule has 1 aromatic heterocycles. The maximum Gasteiger partial charge on any atom is 0.258 e. The molecule has 1 unspecified atom stereocenters. The monoisotopic (exact) mass is 301 g/mol. The Bertz CT molecular complexity index is 606. The lowest BCUT2D eigenvalue weighted by Gasteiger charge is -2.32. The Morgan fingerprint density at radius 2 is 2.30 bits per heavy atom. The van der Waals surface area contributed by atoms with Crippen LogP contribution in [-0.2, 0) is 10.0 Å². The molecule has 1 saturated heterocycles. The smallest absolute Gasteiger partial charge is 0.258 e. The molecule has 2 rings (SSSR count). The number of nitrogens with zero attached hydrogens (tertiary/aromatic N) is 2. The van der Waals surface area contributed by atoms with E-state index in [2.05, 4.69) is 9.71 Å². The van der Waals surface area contributed by atoms with Crippen LogP contribution in [0.3, 0.4) is 0 Å². The zero-order valence-electron chi connectivity index (χ0n) is 11.0. The predicted octanol–water partition coefficient (Wildman–Crippen LogP) is 0.374. The molecule has 1 N–H and O–H groups in total. The van der Waals surface area contributed by atoms with Crippen molar-refractivity contribution in [3.05, 3.63) is 29.8 Å². The summed E-state index contributed by atoms with van der Waals surface area (Å²) in [6.07, 6.45) is 3.68. The van der Waals surface area contributed by atoms with E-state index in [0.29, 0.717) is 19.4 Å². The van der Waals surface area contributed by atoms with Crippen LogP contribution in [0, 0.1) is 5.95 Å². The lowest BCUT2D eigenvalue weighted by Crippen LogP contribution is -2.49. The first-order valence-electron chi connectivity index (χ1n) is 6.24. The predicted molar refractivity (Wildman–Crippen MR) is 71.1 cm³/mol. The second-order valence-electron chi connectivity index (χ2n) is 4.82. The number of likely N-dealkylation sites (tertiary alicyclic amines) is 1. The maximum absolute atomic E-state index is 13.5. The van der Waals surface area contributed by atoms with Crippen LogP contribution in [0.2, 0.25) is 0 Å². The quantitative estimate of drug-likeness (QED) is 0.818. The van der Waals surface area contributed by atoms with Gasteiger partial charge in [0.05, 0.1) is 11.8 Å². The molecule has 0 saturated carbocycles. The standard InChI is InChI=1S/C12H16FN3O3S/c1-20(18,19)15-9-4-3-7-16(8-9)12(17)10-5-2-6-14-11(10)13/h2,5-6,9,15H,3-4,7-8H2,1H3. The zero-order chi connectivity index (χ0) is 14.8. The van der Waals surface area contributed by atoms with Crippen LogP contribution in [0.4, 0.5) is 4.39 Å². The van der Waals surface area contributed by atoms with Crippen molar-refractivity contribution in [1.29, 1.82) is 0 Å². The van der Waals surface area contributed by atoms with Crippen molar-refractivity contribution in [1.82, 2.24) is 14.6 Å². The van der Waals surface area contributed by atoms with Gasteiger partial charge in [-0.05, 0) is 25.0 Å². The average molecular weight is 301 g/mol. The van der Waals surface area contributed by atoms with Crippen LogP contribution in [-0.4, -0.2) is 49.6 Å². The molecule has 0 aliphatic carbocycles. The topological polar surface area (TPSA) is 79.4 Å². The minimum Gasteiger partial charge on any atom is -0.337 e. The van der Waals surface area contributed by atoms with E-state index in [9.17, 15) is 17.6 Å². The summed E-state index contributed by atoms with van der Waals surface area (Å²) in [4.78, 5) is 17.1. The highest BCUT2D eigenvalue weighted by atomic mass is 32.2. The SMILES string of the molecule is CS(=O)(=O)NC1CCCN(C(=O)c2cccnc2F)C1. The number of halogens is 1. The fourth-order valence-corrected chi connectivity index (χ4v) is 3.07.